The molecular weight excluding hydrogens is 366 g/mol. The lowest BCUT2D eigenvalue weighted by Crippen LogP contribution is -2.59. The molecule has 1 aromatic carbocycles. The van der Waals surface area contributed by atoms with Crippen LogP contribution in [0, 0.1) is 5.92 Å². The van der Waals surface area contributed by atoms with Gasteiger partial charge in [0.25, 0.3) is 0 Å². The summed E-state index contributed by atoms with van der Waals surface area (Å²) in [5, 5.41) is 33.3. The molecule has 0 aromatic heterocycles. The SMILES string of the molecule is CC[C@H](C)[C@H](N)C(=O)N[C@H](C(=O)N[C@@H](Cc1ccc(O)cc1)C(=O)O)[C@@H](C)O. The molecule has 2 amide bonds. The van der Waals surface area contributed by atoms with Crippen molar-refractivity contribution in [1.29, 1.82) is 0 Å². The van der Waals surface area contributed by atoms with Gasteiger partial charge in [-0.2, -0.15) is 0 Å². The summed E-state index contributed by atoms with van der Waals surface area (Å²) in [4.78, 5) is 36.3. The molecule has 1 rings (SSSR count). The van der Waals surface area contributed by atoms with Crippen LogP contribution in [-0.2, 0) is 20.8 Å². The number of phenols is 1. The van der Waals surface area contributed by atoms with Gasteiger partial charge in [0, 0.05) is 6.42 Å². The Bertz CT molecular complexity index is 677. The van der Waals surface area contributed by atoms with Gasteiger partial charge in [-0.15, -0.1) is 0 Å². The van der Waals surface area contributed by atoms with Crippen LogP contribution in [0.3, 0.4) is 0 Å². The van der Waals surface area contributed by atoms with Crippen LogP contribution < -0.4 is 16.4 Å². The highest BCUT2D eigenvalue weighted by atomic mass is 16.4. The quantitative estimate of drug-likeness (QED) is 0.318. The van der Waals surface area contributed by atoms with Gasteiger partial charge in [-0.25, -0.2) is 4.79 Å². The van der Waals surface area contributed by atoms with Crippen molar-refractivity contribution in [2.75, 3.05) is 0 Å². The molecule has 0 aliphatic carbocycles. The molecule has 0 bridgehead atoms. The van der Waals surface area contributed by atoms with E-state index in [2.05, 4.69) is 10.6 Å². The molecule has 0 spiro atoms. The Morgan fingerprint density at radius 1 is 1.07 bits per heavy atom. The van der Waals surface area contributed by atoms with Crippen molar-refractivity contribution in [3.05, 3.63) is 29.8 Å². The first-order valence-electron chi connectivity index (χ1n) is 9.11. The average molecular weight is 395 g/mol. The lowest BCUT2D eigenvalue weighted by Gasteiger charge is -2.26. The van der Waals surface area contributed by atoms with E-state index < -0.39 is 42.0 Å². The van der Waals surface area contributed by atoms with Crippen LogP contribution >= 0.6 is 0 Å². The van der Waals surface area contributed by atoms with Crippen molar-refractivity contribution in [2.45, 2.75) is 57.8 Å². The lowest BCUT2D eigenvalue weighted by molar-refractivity contribution is -0.143. The number of nitrogens with one attached hydrogen (secondary N) is 2. The van der Waals surface area contributed by atoms with E-state index in [9.17, 15) is 29.7 Å². The molecule has 1 aromatic rings. The number of aromatic hydroxyl groups is 1. The van der Waals surface area contributed by atoms with E-state index in [1.54, 1.807) is 6.92 Å². The van der Waals surface area contributed by atoms with Gasteiger partial charge in [0.05, 0.1) is 12.1 Å². The molecule has 0 unspecified atom stereocenters. The van der Waals surface area contributed by atoms with E-state index in [1.807, 2.05) is 6.92 Å². The smallest absolute Gasteiger partial charge is 0.326 e. The number of carbonyl (C=O) groups is 3. The van der Waals surface area contributed by atoms with E-state index in [0.717, 1.165) is 0 Å². The predicted molar refractivity (Wildman–Crippen MR) is 102 cm³/mol. The Morgan fingerprint density at radius 2 is 1.64 bits per heavy atom. The Morgan fingerprint density at radius 3 is 2.11 bits per heavy atom. The lowest BCUT2D eigenvalue weighted by atomic mass is 9.98. The topological polar surface area (TPSA) is 162 Å². The molecule has 9 nitrogen and oxygen atoms in total. The summed E-state index contributed by atoms with van der Waals surface area (Å²) in [7, 11) is 0. The third kappa shape index (κ3) is 6.82. The highest BCUT2D eigenvalue weighted by Gasteiger charge is 2.31. The highest BCUT2D eigenvalue weighted by Crippen LogP contribution is 2.12. The van der Waals surface area contributed by atoms with Gasteiger partial charge >= 0.3 is 5.97 Å². The minimum absolute atomic E-state index is 0.0335. The van der Waals surface area contributed by atoms with Gasteiger partial charge in [0.15, 0.2) is 0 Å². The fourth-order valence-corrected chi connectivity index (χ4v) is 2.50. The molecule has 9 heteroatoms. The van der Waals surface area contributed by atoms with E-state index in [-0.39, 0.29) is 18.1 Å². The number of carbonyl (C=O) groups excluding carboxylic acids is 2. The van der Waals surface area contributed by atoms with Crippen molar-refractivity contribution < 1.29 is 29.7 Å². The maximum Gasteiger partial charge on any atom is 0.326 e. The molecular formula is C19H29N3O6. The first-order chi connectivity index (χ1) is 13.1. The van der Waals surface area contributed by atoms with Crippen molar-refractivity contribution in [3.63, 3.8) is 0 Å². The van der Waals surface area contributed by atoms with Gasteiger partial charge in [0.1, 0.15) is 17.8 Å². The summed E-state index contributed by atoms with van der Waals surface area (Å²) in [6.07, 6.45) is -0.626. The van der Waals surface area contributed by atoms with Crippen molar-refractivity contribution >= 4 is 17.8 Å². The van der Waals surface area contributed by atoms with Crippen LogP contribution in [0.5, 0.6) is 5.75 Å². The molecule has 0 heterocycles. The number of aliphatic hydroxyl groups excluding tert-OH is 1. The Labute approximate surface area is 163 Å². The van der Waals surface area contributed by atoms with Gasteiger partial charge in [-0.1, -0.05) is 32.4 Å². The maximum absolute atomic E-state index is 12.5. The van der Waals surface area contributed by atoms with Crippen LogP contribution in [0.15, 0.2) is 24.3 Å². The number of nitrogens with two attached hydrogens (primary N) is 1. The molecule has 0 radical (unpaired) electrons. The summed E-state index contributed by atoms with van der Waals surface area (Å²) >= 11 is 0. The number of hydrogen-bond acceptors (Lipinski definition) is 6. The molecule has 0 fully saturated rings. The van der Waals surface area contributed by atoms with E-state index >= 15 is 0 Å². The van der Waals surface area contributed by atoms with Crippen LogP contribution in [0.2, 0.25) is 0 Å². The summed E-state index contributed by atoms with van der Waals surface area (Å²) in [5.41, 5.74) is 6.43. The Kier molecular flexibility index (Phi) is 8.87. The van der Waals surface area contributed by atoms with Crippen molar-refractivity contribution in [3.8, 4) is 5.75 Å². The summed E-state index contributed by atoms with van der Waals surface area (Å²) in [6, 6.07) is 2.41. The standard InChI is InChI=1S/C19H29N3O6/c1-4-10(2)15(20)17(25)22-16(11(3)23)18(26)21-14(19(27)28)9-12-5-7-13(24)8-6-12/h5-8,10-11,14-16,23-24H,4,9,20H2,1-3H3,(H,21,26)(H,22,25)(H,27,28)/t10-,11+,14-,15-,16-/m0/s1. The van der Waals surface area contributed by atoms with Crippen LogP contribution in [0.25, 0.3) is 0 Å². The van der Waals surface area contributed by atoms with Crippen molar-refractivity contribution in [2.24, 2.45) is 11.7 Å². The molecule has 0 saturated carbocycles. The second-order valence-electron chi connectivity index (χ2n) is 6.91. The molecule has 5 atom stereocenters. The monoisotopic (exact) mass is 395 g/mol. The van der Waals surface area contributed by atoms with E-state index in [4.69, 9.17) is 5.73 Å². The number of aliphatic carboxylic acids is 1. The largest absolute Gasteiger partial charge is 0.508 e. The molecule has 156 valence electrons. The Hall–Kier alpha value is -2.65. The van der Waals surface area contributed by atoms with Crippen LogP contribution in [0.4, 0.5) is 0 Å². The highest BCUT2D eigenvalue weighted by molar-refractivity contribution is 5.92. The van der Waals surface area contributed by atoms with E-state index in [0.29, 0.717) is 12.0 Å². The number of benzene rings is 1. The predicted octanol–water partition coefficient (Wildman–Crippen LogP) is -0.257. The zero-order valence-corrected chi connectivity index (χ0v) is 16.3. The number of amides is 2. The minimum Gasteiger partial charge on any atom is -0.508 e. The maximum atomic E-state index is 12.5. The third-order valence-corrected chi connectivity index (χ3v) is 4.61. The summed E-state index contributed by atoms with van der Waals surface area (Å²) in [5.74, 6) is -2.78. The molecule has 7 N–H and O–H groups in total. The molecule has 0 aliphatic heterocycles. The van der Waals surface area contributed by atoms with Gasteiger partial charge in [-0.3, -0.25) is 9.59 Å². The second kappa shape index (κ2) is 10.6. The average Bonchev–Trinajstić information content (AvgIpc) is 2.65. The number of phenolic OH excluding ortho intramolecular Hbond substituents is 1. The fourth-order valence-electron chi connectivity index (χ4n) is 2.50. The van der Waals surface area contributed by atoms with Crippen LogP contribution in [0.1, 0.15) is 32.8 Å². The van der Waals surface area contributed by atoms with E-state index in [1.165, 1.54) is 31.2 Å². The molecule has 0 saturated heterocycles. The third-order valence-electron chi connectivity index (χ3n) is 4.61. The summed E-state index contributed by atoms with van der Waals surface area (Å²) < 4.78 is 0. The van der Waals surface area contributed by atoms with Crippen LogP contribution in [-0.4, -0.2) is 57.3 Å². The fraction of sp³-hybridized carbons (Fsp3) is 0.526. The molecule has 0 aliphatic rings. The summed E-state index contributed by atoms with van der Waals surface area (Å²) in [6.45, 7) is 4.98. The van der Waals surface area contributed by atoms with Gasteiger partial charge in [-0.05, 0) is 30.5 Å². The first kappa shape index (κ1) is 23.4. The minimum atomic E-state index is -1.34. The second-order valence-corrected chi connectivity index (χ2v) is 6.91. The number of carboxylic acid groups (broad SMARTS) is 1. The van der Waals surface area contributed by atoms with Crippen molar-refractivity contribution in [1.82, 2.24) is 10.6 Å². The van der Waals surface area contributed by atoms with Gasteiger partial charge in [0.2, 0.25) is 11.8 Å². The molecule has 28 heavy (non-hydrogen) atoms. The first-order valence-corrected chi connectivity index (χ1v) is 9.11. The zero-order valence-electron chi connectivity index (χ0n) is 16.3. The number of carboxylic acids is 1. The van der Waals surface area contributed by atoms with Gasteiger partial charge < -0.3 is 31.7 Å². The normalized spacial score (nSPS) is 16.3. The number of hydrogen-bond donors (Lipinski definition) is 6. The zero-order chi connectivity index (χ0) is 21.4. The number of rotatable bonds is 10. The number of aliphatic hydroxyl groups is 1. The Balaban J connectivity index is 2.85.